The molecule has 1 aromatic heterocycles. The maximum Gasteiger partial charge on any atom is 0.338 e. The molecule has 0 saturated carbocycles. The number of fused-ring (bicyclic) bond motifs is 1. The Balaban J connectivity index is 1.31. The monoisotopic (exact) mass is 441 g/mol. The maximum absolute atomic E-state index is 12.2. The molecule has 2 heterocycles. The fraction of sp³-hybridized carbons (Fsp3) is 0.238. The standard InChI is InChI=1S/C21H19N3O6S/c1-2-27-20(26)13-3-6-15(7-4-13)22-18(25)12-31-21-24-23-19(30-21)14-5-8-16-17(11-14)29-10-9-28-16/h3-8,11H,2,9-10,12H2,1H3,(H,22,25). The molecule has 0 saturated heterocycles. The van der Waals surface area contributed by atoms with E-state index < -0.39 is 5.97 Å². The number of anilines is 1. The fourth-order valence-electron chi connectivity index (χ4n) is 2.79. The first-order chi connectivity index (χ1) is 15.1. The smallest absolute Gasteiger partial charge is 0.338 e. The fourth-order valence-corrected chi connectivity index (χ4v) is 3.35. The van der Waals surface area contributed by atoms with Gasteiger partial charge in [0.25, 0.3) is 5.22 Å². The van der Waals surface area contributed by atoms with Crippen molar-refractivity contribution >= 4 is 29.3 Å². The van der Waals surface area contributed by atoms with Crippen molar-refractivity contribution in [3.63, 3.8) is 0 Å². The minimum Gasteiger partial charge on any atom is -0.486 e. The zero-order valence-corrected chi connectivity index (χ0v) is 17.4. The van der Waals surface area contributed by atoms with Crippen molar-refractivity contribution in [2.45, 2.75) is 12.1 Å². The number of esters is 1. The molecule has 3 aromatic rings. The van der Waals surface area contributed by atoms with E-state index in [-0.39, 0.29) is 16.9 Å². The van der Waals surface area contributed by atoms with E-state index in [4.69, 9.17) is 18.6 Å². The molecule has 1 N–H and O–H groups in total. The molecule has 4 rings (SSSR count). The van der Waals surface area contributed by atoms with Gasteiger partial charge in [-0.15, -0.1) is 10.2 Å². The van der Waals surface area contributed by atoms with Crippen molar-refractivity contribution in [3.05, 3.63) is 48.0 Å². The second kappa shape index (κ2) is 9.52. The number of aromatic nitrogens is 2. The second-order valence-electron chi connectivity index (χ2n) is 6.37. The second-order valence-corrected chi connectivity index (χ2v) is 7.29. The predicted molar refractivity (Wildman–Crippen MR) is 112 cm³/mol. The van der Waals surface area contributed by atoms with Gasteiger partial charge in [0.2, 0.25) is 11.8 Å². The number of nitrogens with zero attached hydrogens (tertiary/aromatic N) is 2. The van der Waals surface area contributed by atoms with E-state index in [1.165, 1.54) is 0 Å². The first-order valence-corrected chi connectivity index (χ1v) is 10.5. The first-order valence-electron chi connectivity index (χ1n) is 9.55. The van der Waals surface area contributed by atoms with Crippen LogP contribution >= 0.6 is 11.8 Å². The highest BCUT2D eigenvalue weighted by Gasteiger charge is 2.16. The van der Waals surface area contributed by atoms with Gasteiger partial charge in [0.15, 0.2) is 11.5 Å². The third-order valence-electron chi connectivity index (χ3n) is 4.20. The Bertz CT molecular complexity index is 1080. The SMILES string of the molecule is CCOC(=O)c1ccc(NC(=O)CSc2nnc(-c3ccc4c(c3)OCCO4)o2)cc1. The molecular weight excluding hydrogens is 422 g/mol. The number of ether oxygens (including phenoxy) is 3. The molecule has 0 aliphatic carbocycles. The summed E-state index contributed by atoms with van der Waals surface area (Å²) >= 11 is 1.12. The third kappa shape index (κ3) is 5.15. The van der Waals surface area contributed by atoms with Gasteiger partial charge >= 0.3 is 5.97 Å². The van der Waals surface area contributed by atoms with Crippen molar-refractivity contribution < 1.29 is 28.2 Å². The molecule has 0 unspecified atom stereocenters. The highest BCUT2D eigenvalue weighted by Crippen LogP contribution is 2.34. The number of rotatable bonds is 7. The van der Waals surface area contributed by atoms with Gasteiger partial charge in [-0.05, 0) is 49.4 Å². The van der Waals surface area contributed by atoms with Gasteiger partial charge in [0.1, 0.15) is 13.2 Å². The van der Waals surface area contributed by atoms with Gasteiger partial charge in [-0.3, -0.25) is 4.79 Å². The summed E-state index contributed by atoms with van der Waals surface area (Å²) in [6, 6.07) is 11.9. The Hall–Kier alpha value is -3.53. The van der Waals surface area contributed by atoms with Gasteiger partial charge in [0.05, 0.1) is 17.9 Å². The van der Waals surface area contributed by atoms with Crippen molar-refractivity contribution in [2.24, 2.45) is 0 Å². The number of thioether (sulfide) groups is 1. The molecule has 0 fully saturated rings. The molecule has 0 atom stereocenters. The lowest BCUT2D eigenvalue weighted by molar-refractivity contribution is -0.113. The Morgan fingerprint density at radius 3 is 2.61 bits per heavy atom. The Morgan fingerprint density at radius 1 is 1.06 bits per heavy atom. The van der Waals surface area contributed by atoms with Crippen LogP contribution in [0.3, 0.4) is 0 Å². The number of amides is 1. The van der Waals surface area contributed by atoms with Crippen LogP contribution in [-0.2, 0) is 9.53 Å². The van der Waals surface area contributed by atoms with E-state index in [2.05, 4.69) is 15.5 Å². The van der Waals surface area contributed by atoms with E-state index >= 15 is 0 Å². The van der Waals surface area contributed by atoms with Crippen molar-refractivity contribution in [3.8, 4) is 23.0 Å². The largest absolute Gasteiger partial charge is 0.486 e. The molecule has 160 valence electrons. The highest BCUT2D eigenvalue weighted by atomic mass is 32.2. The molecule has 1 aliphatic rings. The summed E-state index contributed by atoms with van der Waals surface area (Å²) in [5, 5.41) is 11.0. The number of carbonyl (C=O) groups is 2. The summed E-state index contributed by atoms with van der Waals surface area (Å²) in [7, 11) is 0. The van der Waals surface area contributed by atoms with Crippen LogP contribution in [0.2, 0.25) is 0 Å². The number of benzene rings is 2. The molecule has 31 heavy (non-hydrogen) atoms. The Morgan fingerprint density at radius 2 is 1.84 bits per heavy atom. The van der Waals surface area contributed by atoms with Crippen LogP contribution in [0.15, 0.2) is 52.1 Å². The average molecular weight is 441 g/mol. The number of hydrogen-bond donors (Lipinski definition) is 1. The van der Waals surface area contributed by atoms with Gasteiger partial charge in [-0.1, -0.05) is 11.8 Å². The number of hydrogen-bond acceptors (Lipinski definition) is 9. The van der Waals surface area contributed by atoms with Crippen LogP contribution < -0.4 is 14.8 Å². The Labute approximate surface area is 182 Å². The van der Waals surface area contributed by atoms with Crippen LogP contribution in [0.4, 0.5) is 5.69 Å². The topological polar surface area (TPSA) is 113 Å². The normalized spacial score (nSPS) is 12.3. The van der Waals surface area contributed by atoms with Crippen LogP contribution in [0.25, 0.3) is 11.5 Å². The number of carbonyl (C=O) groups excluding carboxylic acids is 2. The molecule has 1 aliphatic heterocycles. The van der Waals surface area contributed by atoms with Crippen LogP contribution in [0.1, 0.15) is 17.3 Å². The van der Waals surface area contributed by atoms with E-state index in [0.717, 1.165) is 11.8 Å². The molecule has 0 bridgehead atoms. The molecular formula is C21H19N3O6S. The van der Waals surface area contributed by atoms with Crippen molar-refractivity contribution in [1.29, 1.82) is 0 Å². The summed E-state index contributed by atoms with van der Waals surface area (Å²) in [4.78, 5) is 23.9. The van der Waals surface area contributed by atoms with Crippen LogP contribution in [0.5, 0.6) is 11.5 Å². The Kier molecular flexibility index (Phi) is 6.37. The first kappa shape index (κ1) is 20.7. The molecule has 10 heteroatoms. The van der Waals surface area contributed by atoms with Gasteiger partial charge < -0.3 is 23.9 Å². The van der Waals surface area contributed by atoms with E-state index in [0.29, 0.717) is 54.0 Å². The minimum absolute atomic E-state index is 0.0857. The molecule has 9 nitrogen and oxygen atoms in total. The molecule has 0 radical (unpaired) electrons. The van der Waals surface area contributed by atoms with Crippen molar-refractivity contribution in [1.82, 2.24) is 10.2 Å². The van der Waals surface area contributed by atoms with Crippen LogP contribution in [-0.4, -0.2) is 47.6 Å². The van der Waals surface area contributed by atoms with Gasteiger partial charge in [0, 0.05) is 11.3 Å². The average Bonchev–Trinajstić information content (AvgIpc) is 3.27. The lowest BCUT2D eigenvalue weighted by atomic mass is 10.2. The quantitative estimate of drug-likeness (QED) is 0.435. The summed E-state index contributed by atoms with van der Waals surface area (Å²) in [5.74, 6) is 1.08. The summed E-state index contributed by atoms with van der Waals surface area (Å²) in [6.45, 7) is 3.06. The highest BCUT2D eigenvalue weighted by molar-refractivity contribution is 7.99. The minimum atomic E-state index is -0.402. The van der Waals surface area contributed by atoms with Crippen molar-refractivity contribution in [2.75, 3.05) is 30.9 Å². The molecule has 0 spiro atoms. The lowest BCUT2D eigenvalue weighted by Crippen LogP contribution is -2.15. The molecule has 2 aromatic carbocycles. The van der Waals surface area contributed by atoms with Gasteiger partial charge in [-0.2, -0.15) is 0 Å². The number of nitrogens with one attached hydrogen (secondary N) is 1. The third-order valence-corrected chi connectivity index (χ3v) is 5.02. The van der Waals surface area contributed by atoms with Crippen LogP contribution in [0, 0.1) is 0 Å². The predicted octanol–water partition coefficient (Wildman–Crippen LogP) is 3.42. The zero-order chi connectivity index (χ0) is 21.6. The zero-order valence-electron chi connectivity index (χ0n) is 16.6. The van der Waals surface area contributed by atoms with E-state index in [9.17, 15) is 9.59 Å². The van der Waals surface area contributed by atoms with Gasteiger partial charge in [-0.25, -0.2) is 4.79 Å². The van der Waals surface area contributed by atoms with E-state index in [1.807, 2.05) is 6.07 Å². The van der Waals surface area contributed by atoms with E-state index in [1.54, 1.807) is 43.3 Å². The maximum atomic E-state index is 12.2. The summed E-state index contributed by atoms with van der Waals surface area (Å²) < 4.78 is 21.6. The molecule has 1 amide bonds. The summed E-state index contributed by atoms with van der Waals surface area (Å²) in [6.07, 6.45) is 0. The summed E-state index contributed by atoms with van der Waals surface area (Å²) in [5.41, 5.74) is 1.70. The lowest BCUT2D eigenvalue weighted by Gasteiger charge is -2.18.